The summed E-state index contributed by atoms with van der Waals surface area (Å²) in [5, 5.41) is 12.3. The molecule has 0 fully saturated rings. The van der Waals surface area contributed by atoms with Crippen molar-refractivity contribution in [1.29, 1.82) is 0 Å². The van der Waals surface area contributed by atoms with Crippen LogP contribution in [0.2, 0.25) is 5.15 Å². The summed E-state index contributed by atoms with van der Waals surface area (Å²) in [7, 11) is 1.67. The summed E-state index contributed by atoms with van der Waals surface area (Å²) < 4.78 is 10.5. The van der Waals surface area contributed by atoms with E-state index in [-0.39, 0.29) is 23.1 Å². The molecule has 0 amide bonds. The molecule has 0 aliphatic carbocycles. The van der Waals surface area contributed by atoms with Crippen LogP contribution in [0.4, 0.5) is 17.1 Å². The highest BCUT2D eigenvalue weighted by Gasteiger charge is 2.27. The molecule has 0 bridgehead atoms. The lowest BCUT2D eigenvalue weighted by molar-refractivity contribution is -0.382. The lowest BCUT2D eigenvalue weighted by atomic mass is 10.1. The van der Waals surface area contributed by atoms with E-state index in [1.54, 1.807) is 74.3 Å². The molecular formula is C21H20ClN3O5. The van der Waals surface area contributed by atoms with Crippen LogP contribution in [0.3, 0.4) is 0 Å². The number of ether oxygens (including phenoxy) is 2. The molecule has 1 heterocycles. The molecule has 0 N–H and O–H groups in total. The molecule has 2 aromatic carbocycles. The zero-order valence-electron chi connectivity index (χ0n) is 16.7. The van der Waals surface area contributed by atoms with E-state index in [0.717, 1.165) is 0 Å². The van der Waals surface area contributed by atoms with Crippen molar-refractivity contribution in [3.8, 4) is 5.75 Å². The topological polar surface area (TPSA) is 94.8 Å². The van der Waals surface area contributed by atoms with Gasteiger partial charge in [-0.3, -0.25) is 10.1 Å². The third-order valence-electron chi connectivity index (χ3n) is 4.47. The van der Waals surface area contributed by atoms with Crippen LogP contribution in [0.5, 0.6) is 5.75 Å². The Hall–Kier alpha value is -3.39. The number of carbonyl (C=O) groups is 1. The minimum Gasteiger partial charge on any atom is -0.479 e. The minimum atomic E-state index is -0.756. The van der Waals surface area contributed by atoms with Crippen LogP contribution < -0.4 is 9.64 Å². The van der Waals surface area contributed by atoms with Gasteiger partial charge in [0, 0.05) is 12.7 Å². The normalized spacial score (nSPS) is 11.7. The Balaban J connectivity index is 1.93. The van der Waals surface area contributed by atoms with E-state index in [1.807, 2.05) is 0 Å². The maximum Gasteiger partial charge on any atom is 0.347 e. The van der Waals surface area contributed by atoms with E-state index in [9.17, 15) is 14.9 Å². The Morgan fingerprint density at radius 1 is 1.23 bits per heavy atom. The van der Waals surface area contributed by atoms with Gasteiger partial charge in [0.15, 0.2) is 16.9 Å². The molecule has 30 heavy (non-hydrogen) atoms. The average molecular weight is 430 g/mol. The van der Waals surface area contributed by atoms with Crippen LogP contribution in [0.1, 0.15) is 13.8 Å². The number of fused-ring (bicyclic) bond motifs is 1. The molecule has 3 aromatic rings. The third kappa shape index (κ3) is 4.28. The van der Waals surface area contributed by atoms with Crippen LogP contribution in [-0.4, -0.2) is 35.6 Å². The molecule has 0 radical (unpaired) electrons. The van der Waals surface area contributed by atoms with Crippen molar-refractivity contribution in [2.45, 2.75) is 20.0 Å². The predicted octanol–water partition coefficient (Wildman–Crippen LogP) is 4.89. The highest BCUT2D eigenvalue weighted by molar-refractivity contribution is 6.33. The summed E-state index contributed by atoms with van der Waals surface area (Å²) in [5.74, 6) is 0.00766. The number of hydrogen-bond acceptors (Lipinski definition) is 7. The Bertz CT molecular complexity index is 1090. The maximum absolute atomic E-state index is 11.8. The Kier molecular flexibility index (Phi) is 6.37. The largest absolute Gasteiger partial charge is 0.479 e. The first kappa shape index (κ1) is 21.3. The molecule has 0 spiro atoms. The first-order valence-electron chi connectivity index (χ1n) is 9.23. The van der Waals surface area contributed by atoms with Gasteiger partial charge in [-0.1, -0.05) is 23.7 Å². The average Bonchev–Trinajstić information content (AvgIpc) is 2.72. The molecule has 0 saturated carbocycles. The molecule has 1 unspecified atom stereocenters. The number of hydrogen-bond donors (Lipinski definition) is 0. The lowest BCUT2D eigenvalue weighted by Gasteiger charge is -2.21. The highest BCUT2D eigenvalue weighted by Crippen LogP contribution is 2.42. The van der Waals surface area contributed by atoms with Gasteiger partial charge in [0.05, 0.1) is 22.4 Å². The van der Waals surface area contributed by atoms with Gasteiger partial charge in [0.25, 0.3) is 0 Å². The second-order valence-corrected chi connectivity index (χ2v) is 6.80. The standard InChI is InChI=1S/C21H20ClN3O5/c1-4-29-21(26)13(2)30-15-11-9-14(10-12-15)24(3)19-18(25(27)28)16-7-5-6-8-17(16)23-20(19)22/h5-13H,4H2,1-3H3. The van der Waals surface area contributed by atoms with E-state index in [1.165, 1.54) is 0 Å². The molecule has 156 valence electrons. The van der Waals surface area contributed by atoms with Crippen molar-refractivity contribution in [3.63, 3.8) is 0 Å². The SMILES string of the molecule is CCOC(=O)C(C)Oc1ccc(N(C)c2c(Cl)nc3ccccc3c2[N+](=O)[O-])cc1. The van der Waals surface area contributed by atoms with Gasteiger partial charge in [0.1, 0.15) is 5.75 Å². The van der Waals surface area contributed by atoms with Crippen LogP contribution in [0.25, 0.3) is 10.9 Å². The number of pyridine rings is 1. The smallest absolute Gasteiger partial charge is 0.347 e. The fourth-order valence-corrected chi connectivity index (χ4v) is 3.33. The Morgan fingerprint density at radius 3 is 2.53 bits per heavy atom. The van der Waals surface area contributed by atoms with E-state index < -0.39 is 17.0 Å². The lowest BCUT2D eigenvalue weighted by Crippen LogP contribution is -2.26. The van der Waals surface area contributed by atoms with E-state index in [2.05, 4.69) is 4.98 Å². The third-order valence-corrected chi connectivity index (χ3v) is 4.73. The summed E-state index contributed by atoms with van der Waals surface area (Å²) in [4.78, 5) is 29.0. The van der Waals surface area contributed by atoms with Crippen molar-refractivity contribution >= 4 is 45.5 Å². The number of carbonyl (C=O) groups excluding carboxylic acids is 1. The van der Waals surface area contributed by atoms with Gasteiger partial charge in [-0.05, 0) is 50.2 Å². The van der Waals surface area contributed by atoms with E-state index >= 15 is 0 Å². The first-order chi connectivity index (χ1) is 14.3. The monoisotopic (exact) mass is 429 g/mol. The second-order valence-electron chi connectivity index (χ2n) is 6.44. The molecule has 9 heteroatoms. The number of para-hydroxylation sites is 1. The molecule has 1 aromatic heterocycles. The van der Waals surface area contributed by atoms with Crippen LogP contribution >= 0.6 is 11.6 Å². The van der Waals surface area contributed by atoms with Gasteiger partial charge < -0.3 is 14.4 Å². The summed E-state index contributed by atoms with van der Waals surface area (Å²) >= 11 is 6.33. The van der Waals surface area contributed by atoms with Crippen molar-refractivity contribution in [2.24, 2.45) is 0 Å². The zero-order valence-corrected chi connectivity index (χ0v) is 17.4. The number of aromatic nitrogens is 1. The fourth-order valence-electron chi connectivity index (χ4n) is 3.03. The molecule has 3 rings (SSSR count). The number of nitro groups is 1. The summed E-state index contributed by atoms with van der Waals surface area (Å²) in [5.41, 5.74) is 1.15. The van der Waals surface area contributed by atoms with E-state index in [0.29, 0.717) is 22.3 Å². The quantitative estimate of drug-likeness (QED) is 0.228. The van der Waals surface area contributed by atoms with Crippen LogP contribution in [0, 0.1) is 10.1 Å². The number of nitrogens with zero attached hydrogens (tertiary/aromatic N) is 3. The van der Waals surface area contributed by atoms with Crippen LogP contribution in [-0.2, 0) is 9.53 Å². The molecule has 0 aliphatic rings. The van der Waals surface area contributed by atoms with Crippen molar-refractivity contribution in [2.75, 3.05) is 18.6 Å². The molecular weight excluding hydrogens is 410 g/mol. The second kappa shape index (κ2) is 8.96. The summed E-state index contributed by atoms with van der Waals surface area (Å²) in [6.45, 7) is 3.60. The number of anilines is 2. The number of rotatable bonds is 7. The fraction of sp³-hybridized carbons (Fsp3) is 0.238. The van der Waals surface area contributed by atoms with Gasteiger partial charge in [0.2, 0.25) is 0 Å². The van der Waals surface area contributed by atoms with Gasteiger partial charge in [-0.15, -0.1) is 0 Å². The maximum atomic E-state index is 11.8. The van der Waals surface area contributed by atoms with Gasteiger partial charge >= 0.3 is 11.7 Å². The van der Waals surface area contributed by atoms with Crippen molar-refractivity contribution < 1.29 is 19.2 Å². The number of benzene rings is 2. The number of halogens is 1. The molecule has 0 saturated heterocycles. The van der Waals surface area contributed by atoms with Crippen LogP contribution in [0.15, 0.2) is 48.5 Å². The van der Waals surface area contributed by atoms with Crippen molar-refractivity contribution in [1.82, 2.24) is 4.98 Å². The minimum absolute atomic E-state index is 0.0270. The predicted molar refractivity (Wildman–Crippen MR) is 115 cm³/mol. The molecule has 0 aliphatic heterocycles. The van der Waals surface area contributed by atoms with Gasteiger partial charge in [-0.25, -0.2) is 9.78 Å². The van der Waals surface area contributed by atoms with E-state index in [4.69, 9.17) is 21.1 Å². The highest BCUT2D eigenvalue weighted by atomic mass is 35.5. The van der Waals surface area contributed by atoms with Gasteiger partial charge in [-0.2, -0.15) is 0 Å². The summed E-state index contributed by atoms with van der Waals surface area (Å²) in [6.07, 6.45) is -0.756. The van der Waals surface area contributed by atoms with Crippen molar-refractivity contribution in [3.05, 3.63) is 63.8 Å². The number of esters is 1. The molecule has 8 nitrogen and oxygen atoms in total. The Morgan fingerprint density at radius 2 is 1.90 bits per heavy atom. The summed E-state index contributed by atoms with van der Waals surface area (Å²) in [6, 6.07) is 13.5. The zero-order chi connectivity index (χ0) is 21.8. The molecule has 1 atom stereocenters. The Labute approximate surface area is 178 Å². The first-order valence-corrected chi connectivity index (χ1v) is 9.61.